The third kappa shape index (κ3) is 3.23. The fraction of sp³-hybridized carbons (Fsp3) is 0.158. The van der Waals surface area contributed by atoms with E-state index in [1.165, 1.54) is 10.6 Å². The number of hydrogen-bond donors (Lipinski definition) is 0. The molecule has 0 aromatic heterocycles. The maximum atomic E-state index is 12.7. The highest BCUT2D eigenvalue weighted by molar-refractivity contribution is 6.42. The molecule has 24 heavy (non-hydrogen) atoms. The molecule has 2 aromatic carbocycles. The standard InChI is InChI=1S/C19H16Cl2N2O/c1-3-13-4-6-14(7-5-13)10-16-12(2)22-23(19(16)24)15-8-9-17(20)18(21)11-15/h4-11H,3H2,1-2H3/b16-10+. The van der Waals surface area contributed by atoms with E-state index in [1.807, 2.05) is 25.1 Å². The van der Waals surface area contributed by atoms with Gasteiger partial charge in [0.2, 0.25) is 0 Å². The third-order valence-corrected chi connectivity index (χ3v) is 4.65. The van der Waals surface area contributed by atoms with Gasteiger partial charge in [0.05, 0.1) is 27.0 Å². The van der Waals surface area contributed by atoms with E-state index in [9.17, 15) is 4.79 Å². The second kappa shape index (κ2) is 6.80. The lowest BCUT2D eigenvalue weighted by Crippen LogP contribution is -2.21. The van der Waals surface area contributed by atoms with Crippen molar-refractivity contribution < 1.29 is 4.79 Å². The number of anilines is 1. The Balaban J connectivity index is 1.91. The smallest absolute Gasteiger partial charge is 0.267 e. The normalized spacial score (nSPS) is 16.0. The number of hydrogen-bond acceptors (Lipinski definition) is 2. The van der Waals surface area contributed by atoms with Crippen molar-refractivity contribution in [3.63, 3.8) is 0 Å². The van der Waals surface area contributed by atoms with Crippen molar-refractivity contribution >= 4 is 46.6 Å². The third-order valence-electron chi connectivity index (χ3n) is 3.91. The van der Waals surface area contributed by atoms with E-state index in [-0.39, 0.29) is 5.91 Å². The van der Waals surface area contributed by atoms with E-state index < -0.39 is 0 Å². The predicted molar refractivity (Wildman–Crippen MR) is 101 cm³/mol. The van der Waals surface area contributed by atoms with Gasteiger partial charge in [0, 0.05) is 0 Å². The van der Waals surface area contributed by atoms with Gasteiger partial charge < -0.3 is 0 Å². The Labute approximate surface area is 151 Å². The molecule has 0 saturated carbocycles. The molecular weight excluding hydrogens is 343 g/mol. The maximum Gasteiger partial charge on any atom is 0.280 e. The van der Waals surface area contributed by atoms with Crippen molar-refractivity contribution in [1.82, 2.24) is 0 Å². The minimum Gasteiger partial charge on any atom is -0.267 e. The Hall–Kier alpha value is -2.10. The summed E-state index contributed by atoms with van der Waals surface area (Å²) >= 11 is 12.0. The molecule has 0 aliphatic carbocycles. The molecule has 3 rings (SSSR count). The van der Waals surface area contributed by atoms with Crippen molar-refractivity contribution in [3.8, 4) is 0 Å². The topological polar surface area (TPSA) is 32.7 Å². The van der Waals surface area contributed by atoms with Crippen LogP contribution in [0.4, 0.5) is 5.69 Å². The van der Waals surface area contributed by atoms with Crippen LogP contribution in [0.1, 0.15) is 25.0 Å². The highest BCUT2D eigenvalue weighted by Gasteiger charge is 2.28. The Kier molecular flexibility index (Phi) is 4.74. The molecule has 5 heteroatoms. The summed E-state index contributed by atoms with van der Waals surface area (Å²) in [5, 5.41) is 6.54. The first-order valence-corrected chi connectivity index (χ1v) is 8.41. The Bertz CT molecular complexity index is 854. The van der Waals surface area contributed by atoms with Crippen LogP contribution in [0.3, 0.4) is 0 Å². The van der Waals surface area contributed by atoms with Gasteiger partial charge in [0.25, 0.3) is 5.91 Å². The van der Waals surface area contributed by atoms with Gasteiger partial charge in [-0.05, 0) is 48.7 Å². The number of carbonyl (C=O) groups excluding carboxylic acids is 1. The summed E-state index contributed by atoms with van der Waals surface area (Å²) in [5.74, 6) is -0.176. The molecule has 122 valence electrons. The molecule has 1 amide bonds. The van der Waals surface area contributed by atoms with Crippen LogP contribution >= 0.6 is 23.2 Å². The molecule has 1 aliphatic heterocycles. The highest BCUT2D eigenvalue weighted by Crippen LogP contribution is 2.30. The van der Waals surface area contributed by atoms with Crippen molar-refractivity contribution in [1.29, 1.82) is 0 Å². The summed E-state index contributed by atoms with van der Waals surface area (Å²) in [4.78, 5) is 12.7. The average Bonchev–Trinajstić information content (AvgIpc) is 2.86. The minimum absolute atomic E-state index is 0.176. The van der Waals surface area contributed by atoms with Gasteiger partial charge in [0.15, 0.2) is 0 Å². The summed E-state index contributed by atoms with van der Waals surface area (Å²) < 4.78 is 0. The van der Waals surface area contributed by atoms with E-state index in [0.29, 0.717) is 27.0 Å². The van der Waals surface area contributed by atoms with Gasteiger partial charge in [-0.1, -0.05) is 54.4 Å². The zero-order valence-electron chi connectivity index (χ0n) is 13.4. The van der Waals surface area contributed by atoms with Crippen LogP contribution in [0.25, 0.3) is 6.08 Å². The van der Waals surface area contributed by atoms with Gasteiger partial charge in [-0.3, -0.25) is 4.79 Å². The first kappa shape index (κ1) is 16.7. The molecule has 0 spiro atoms. The Morgan fingerprint density at radius 2 is 1.79 bits per heavy atom. The molecule has 0 atom stereocenters. The number of nitrogens with zero attached hydrogens (tertiary/aromatic N) is 2. The highest BCUT2D eigenvalue weighted by atomic mass is 35.5. The quantitative estimate of drug-likeness (QED) is 0.679. The minimum atomic E-state index is -0.176. The maximum absolute atomic E-state index is 12.7. The summed E-state index contributed by atoms with van der Waals surface area (Å²) in [6, 6.07) is 13.2. The molecule has 0 saturated heterocycles. The van der Waals surface area contributed by atoms with E-state index >= 15 is 0 Å². The van der Waals surface area contributed by atoms with E-state index in [4.69, 9.17) is 23.2 Å². The number of aryl methyl sites for hydroxylation is 1. The predicted octanol–water partition coefficient (Wildman–Crippen LogP) is 5.36. The van der Waals surface area contributed by atoms with Crippen LogP contribution in [0.5, 0.6) is 0 Å². The van der Waals surface area contributed by atoms with E-state index in [1.54, 1.807) is 18.2 Å². The van der Waals surface area contributed by atoms with Crippen molar-refractivity contribution in [2.45, 2.75) is 20.3 Å². The fourth-order valence-electron chi connectivity index (χ4n) is 2.49. The molecule has 3 nitrogen and oxygen atoms in total. The summed E-state index contributed by atoms with van der Waals surface area (Å²) in [5.41, 5.74) is 4.08. The Morgan fingerprint density at radius 3 is 2.42 bits per heavy atom. The zero-order chi connectivity index (χ0) is 17.3. The lowest BCUT2D eigenvalue weighted by atomic mass is 10.0. The lowest BCUT2D eigenvalue weighted by Gasteiger charge is -2.12. The van der Waals surface area contributed by atoms with Crippen molar-refractivity contribution in [3.05, 3.63) is 69.2 Å². The van der Waals surface area contributed by atoms with Crippen molar-refractivity contribution in [2.24, 2.45) is 5.10 Å². The second-order valence-corrected chi connectivity index (χ2v) is 6.37. The molecule has 0 N–H and O–H groups in total. The lowest BCUT2D eigenvalue weighted by molar-refractivity contribution is -0.114. The first-order valence-electron chi connectivity index (χ1n) is 7.65. The number of rotatable bonds is 3. The number of amides is 1. The number of carbonyl (C=O) groups is 1. The van der Waals surface area contributed by atoms with Gasteiger partial charge >= 0.3 is 0 Å². The van der Waals surface area contributed by atoms with Gasteiger partial charge in [-0.15, -0.1) is 0 Å². The van der Waals surface area contributed by atoms with Crippen LogP contribution < -0.4 is 5.01 Å². The molecule has 1 aliphatic rings. The van der Waals surface area contributed by atoms with Gasteiger partial charge in [-0.2, -0.15) is 10.1 Å². The number of halogens is 2. The average molecular weight is 359 g/mol. The molecule has 0 radical (unpaired) electrons. The largest absolute Gasteiger partial charge is 0.280 e. The molecule has 2 aromatic rings. The van der Waals surface area contributed by atoms with Gasteiger partial charge in [0.1, 0.15) is 0 Å². The van der Waals surface area contributed by atoms with Crippen LogP contribution in [-0.2, 0) is 11.2 Å². The summed E-state index contributed by atoms with van der Waals surface area (Å²) in [6.07, 6.45) is 2.85. The number of hydrazone groups is 1. The second-order valence-electron chi connectivity index (χ2n) is 5.55. The first-order chi connectivity index (χ1) is 11.5. The van der Waals surface area contributed by atoms with Gasteiger partial charge in [-0.25, -0.2) is 0 Å². The SMILES string of the molecule is CCc1ccc(/C=C2/C(=O)N(c3ccc(Cl)c(Cl)c3)N=C2C)cc1. The van der Waals surface area contributed by atoms with Crippen LogP contribution in [0.2, 0.25) is 10.0 Å². The molecule has 0 unspecified atom stereocenters. The molecular formula is C19H16Cl2N2O. The van der Waals surface area contributed by atoms with Crippen molar-refractivity contribution in [2.75, 3.05) is 5.01 Å². The van der Waals surface area contributed by atoms with Crippen LogP contribution in [0, 0.1) is 0 Å². The molecule has 0 bridgehead atoms. The molecule has 0 fully saturated rings. The van der Waals surface area contributed by atoms with E-state index in [2.05, 4.69) is 24.2 Å². The summed E-state index contributed by atoms with van der Waals surface area (Å²) in [7, 11) is 0. The monoisotopic (exact) mass is 358 g/mol. The Morgan fingerprint density at radius 1 is 1.08 bits per heavy atom. The zero-order valence-corrected chi connectivity index (χ0v) is 14.9. The molecule has 1 heterocycles. The summed E-state index contributed by atoms with van der Waals surface area (Å²) in [6.45, 7) is 3.93. The van der Waals surface area contributed by atoms with Crippen LogP contribution in [-0.4, -0.2) is 11.6 Å². The van der Waals surface area contributed by atoms with Crippen LogP contribution in [0.15, 0.2) is 53.1 Å². The number of benzene rings is 2. The fourth-order valence-corrected chi connectivity index (χ4v) is 2.78. The van der Waals surface area contributed by atoms with E-state index in [0.717, 1.165) is 12.0 Å².